The number of H-pyrrole nitrogens is 1. The van der Waals surface area contributed by atoms with Gasteiger partial charge < -0.3 is 9.55 Å². The highest BCUT2D eigenvalue weighted by molar-refractivity contribution is 5.83. The molecule has 1 N–H and O–H groups in total. The highest BCUT2D eigenvalue weighted by Crippen LogP contribution is 2.42. The van der Waals surface area contributed by atoms with Gasteiger partial charge in [0.1, 0.15) is 0 Å². The third kappa shape index (κ3) is 4.20. The van der Waals surface area contributed by atoms with E-state index in [2.05, 4.69) is 95.0 Å². The Hall–Kier alpha value is -2.62. The molecule has 0 spiro atoms. The molecule has 0 atom stereocenters. The van der Waals surface area contributed by atoms with Gasteiger partial charge in [0, 0.05) is 57.0 Å². The second kappa shape index (κ2) is 8.00. The average molecular weight is 445 g/mol. The zero-order valence-corrected chi connectivity index (χ0v) is 21.9. The van der Waals surface area contributed by atoms with Gasteiger partial charge in [0.15, 0.2) is 0 Å². The van der Waals surface area contributed by atoms with Crippen molar-refractivity contribution in [1.82, 2.24) is 19.5 Å². The minimum absolute atomic E-state index is 0.0120. The molecular formula is C29H40N4. The van der Waals surface area contributed by atoms with E-state index in [1.54, 1.807) is 0 Å². The number of hydrogen-bond donors (Lipinski definition) is 1. The predicted octanol–water partition coefficient (Wildman–Crippen LogP) is 7.83. The second-order valence-corrected chi connectivity index (χ2v) is 12.2. The molecule has 4 heteroatoms. The van der Waals surface area contributed by atoms with E-state index < -0.39 is 0 Å². The van der Waals surface area contributed by atoms with Gasteiger partial charge in [-0.25, -0.2) is 0 Å². The van der Waals surface area contributed by atoms with Crippen molar-refractivity contribution in [3.8, 4) is 0 Å². The fourth-order valence-electron chi connectivity index (χ4n) is 5.29. The van der Waals surface area contributed by atoms with Gasteiger partial charge in [-0.1, -0.05) is 41.5 Å². The number of nitrogens with zero attached hydrogens (tertiary/aromatic N) is 3. The predicted molar refractivity (Wildman–Crippen MR) is 140 cm³/mol. The molecule has 4 nitrogen and oxygen atoms in total. The molecule has 0 aliphatic carbocycles. The third-order valence-corrected chi connectivity index (χ3v) is 7.20. The molecule has 0 aromatic carbocycles. The van der Waals surface area contributed by atoms with Crippen LogP contribution in [0.15, 0.2) is 43.0 Å². The fraction of sp³-hybridized carbons (Fsp3) is 0.517. The van der Waals surface area contributed by atoms with Crippen molar-refractivity contribution in [3.63, 3.8) is 0 Å². The highest BCUT2D eigenvalue weighted by Gasteiger charge is 2.34. The van der Waals surface area contributed by atoms with Crippen molar-refractivity contribution >= 4 is 21.8 Å². The average Bonchev–Trinajstić information content (AvgIpc) is 3.36. The zero-order valence-electron chi connectivity index (χ0n) is 21.9. The van der Waals surface area contributed by atoms with Gasteiger partial charge in [0.05, 0.1) is 22.9 Å². The number of fused-ring (bicyclic) bond motifs is 2. The summed E-state index contributed by atoms with van der Waals surface area (Å²) in [5.41, 5.74) is 6.38. The molecule has 0 unspecified atom stereocenters. The molecule has 0 aliphatic heterocycles. The first-order chi connectivity index (χ1) is 15.3. The van der Waals surface area contributed by atoms with Crippen molar-refractivity contribution in [3.05, 3.63) is 59.9 Å². The van der Waals surface area contributed by atoms with Crippen LogP contribution in [0.2, 0.25) is 0 Å². The highest BCUT2D eigenvalue weighted by atomic mass is 15.1. The molecule has 33 heavy (non-hydrogen) atoms. The Kier molecular flexibility index (Phi) is 5.71. The van der Waals surface area contributed by atoms with Crippen LogP contribution in [-0.2, 0) is 16.4 Å². The van der Waals surface area contributed by atoms with Crippen LogP contribution < -0.4 is 0 Å². The Morgan fingerprint density at radius 2 is 1.61 bits per heavy atom. The zero-order chi connectivity index (χ0) is 24.2. The Labute approximate surface area is 198 Å². The molecule has 0 fully saturated rings. The smallest absolute Gasteiger partial charge is 0.0674 e. The molecule has 0 saturated heterocycles. The first-order valence-corrected chi connectivity index (χ1v) is 12.3. The van der Waals surface area contributed by atoms with Gasteiger partial charge >= 0.3 is 0 Å². The number of pyridine rings is 2. The second-order valence-electron chi connectivity index (χ2n) is 12.2. The number of aromatic amines is 1. The molecule has 0 bridgehead atoms. The summed E-state index contributed by atoms with van der Waals surface area (Å²) in [7, 11) is 0. The number of rotatable bonds is 6. The SMILES string of the molecule is CC(C)c1c(C(C)(C)CCC(C)(C)c2cc3ccncc3n2C(C)(C)C)ncc2cc[nH]c12. The third-order valence-electron chi connectivity index (χ3n) is 7.20. The van der Waals surface area contributed by atoms with Crippen LogP contribution in [0.25, 0.3) is 21.8 Å². The van der Waals surface area contributed by atoms with Gasteiger partial charge in [-0.3, -0.25) is 9.97 Å². The van der Waals surface area contributed by atoms with E-state index in [-0.39, 0.29) is 16.4 Å². The normalized spacial score (nSPS) is 13.5. The lowest BCUT2D eigenvalue weighted by Crippen LogP contribution is -2.32. The molecule has 4 aromatic heterocycles. The summed E-state index contributed by atoms with van der Waals surface area (Å²) in [5.74, 6) is 0.415. The minimum atomic E-state index is -0.0314. The Morgan fingerprint density at radius 3 is 2.27 bits per heavy atom. The van der Waals surface area contributed by atoms with Gasteiger partial charge in [-0.05, 0) is 57.7 Å². The molecule has 0 aliphatic rings. The Morgan fingerprint density at radius 1 is 0.909 bits per heavy atom. The molecule has 0 saturated carbocycles. The summed E-state index contributed by atoms with van der Waals surface area (Å²) in [6.45, 7) is 20.9. The maximum Gasteiger partial charge on any atom is 0.0674 e. The van der Waals surface area contributed by atoms with Gasteiger partial charge in [-0.2, -0.15) is 0 Å². The number of nitrogens with one attached hydrogen (secondary N) is 1. The summed E-state index contributed by atoms with van der Waals surface area (Å²) < 4.78 is 2.49. The first kappa shape index (κ1) is 23.5. The molecule has 4 heterocycles. The number of hydrogen-bond acceptors (Lipinski definition) is 2. The summed E-state index contributed by atoms with van der Waals surface area (Å²) in [6.07, 6.45) is 10.1. The van der Waals surface area contributed by atoms with Crippen molar-refractivity contribution in [2.24, 2.45) is 0 Å². The van der Waals surface area contributed by atoms with Crippen molar-refractivity contribution in [2.75, 3.05) is 0 Å². The van der Waals surface area contributed by atoms with Crippen molar-refractivity contribution in [1.29, 1.82) is 0 Å². The minimum Gasteiger partial charge on any atom is -0.361 e. The largest absolute Gasteiger partial charge is 0.361 e. The molecule has 176 valence electrons. The molecule has 4 aromatic rings. The topological polar surface area (TPSA) is 46.5 Å². The van der Waals surface area contributed by atoms with E-state index in [9.17, 15) is 0 Å². The quantitative estimate of drug-likeness (QED) is 0.329. The molecule has 0 radical (unpaired) electrons. The van der Waals surface area contributed by atoms with Crippen molar-refractivity contribution < 1.29 is 0 Å². The van der Waals surface area contributed by atoms with Crippen LogP contribution >= 0.6 is 0 Å². The van der Waals surface area contributed by atoms with E-state index in [4.69, 9.17) is 4.98 Å². The molecule has 0 amide bonds. The Balaban J connectivity index is 1.71. The maximum atomic E-state index is 5.00. The van der Waals surface area contributed by atoms with Gasteiger partial charge in [0.25, 0.3) is 0 Å². The van der Waals surface area contributed by atoms with E-state index in [0.29, 0.717) is 5.92 Å². The summed E-state index contributed by atoms with van der Waals surface area (Å²) in [4.78, 5) is 12.9. The number of aromatic nitrogens is 4. The van der Waals surface area contributed by atoms with E-state index >= 15 is 0 Å². The molecular weight excluding hydrogens is 404 g/mol. The lowest BCUT2D eigenvalue weighted by molar-refractivity contribution is 0.323. The van der Waals surface area contributed by atoms with E-state index in [1.165, 1.54) is 38.8 Å². The lowest BCUT2D eigenvalue weighted by Gasteiger charge is -2.36. The van der Waals surface area contributed by atoms with Gasteiger partial charge in [-0.15, -0.1) is 0 Å². The summed E-state index contributed by atoms with van der Waals surface area (Å²) in [5, 5.41) is 2.46. The molecule has 4 rings (SSSR count). The monoisotopic (exact) mass is 444 g/mol. The van der Waals surface area contributed by atoms with Crippen LogP contribution in [0.4, 0.5) is 0 Å². The standard InChI is InChI=1S/C29H40N4/c1-19(2)24-25-21(11-15-31-25)17-32-26(24)29(8,9)13-12-28(6,7)23-16-20-10-14-30-18-22(20)33(23)27(3,4)5/h10-11,14-19,31H,12-13H2,1-9H3. The summed E-state index contributed by atoms with van der Waals surface area (Å²) >= 11 is 0. The van der Waals surface area contributed by atoms with Crippen LogP contribution in [0.5, 0.6) is 0 Å². The Bertz CT molecular complexity index is 1280. The lowest BCUT2D eigenvalue weighted by atomic mass is 9.73. The van der Waals surface area contributed by atoms with E-state index in [0.717, 1.165) is 12.8 Å². The van der Waals surface area contributed by atoms with Crippen LogP contribution in [0.1, 0.15) is 98.0 Å². The van der Waals surface area contributed by atoms with E-state index in [1.807, 2.05) is 24.8 Å². The van der Waals surface area contributed by atoms with Crippen LogP contribution in [-0.4, -0.2) is 19.5 Å². The fourth-order valence-corrected chi connectivity index (χ4v) is 5.29. The maximum absolute atomic E-state index is 5.00. The summed E-state index contributed by atoms with van der Waals surface area (Å²) in [6, 6.07) is 6.62. The van der Waals surface area contributed by atoms with Crippen LogP contribution in [0, 0.1) is 0 Å². The first-order valence-electron chi connectivity index (χ1n) is 12.3. The van der Waals surface area contributed by atoms with Gasteiger partial charge in [0.2, 0.25) is 0 Å². The van der Waals surface area contributed by atoms with Crippen molar-refractivity contribution in [2.45, 2.75) is 97.4 Å². The van der Waals surface area contributed by atoms with Crippen LogP contribution in [0.3, 0.4) is 0 Å².